The third-order valence-corrected chi connectivity index (χ3v) is 4.24. The lowest BCUT2D eigenvalue weighted by atomic mass is 10.2. The molecule has 8 heteroatoms. The number of rotatable bonds is 4. The predicted octanol–water partition coefficient (Wildman–Crippen LogP) is 2.36. The second-order valence-corrected chi connectivity index (χ2v) is 5.91. The Morgan fingerprint density at radius 1 is 1.48 bits per heavy atom. The molecule has 0 spiro atoms. The number of nitrogens with one attached hydrogen (secondary N) is 1. The largest absolute Gasteiger partial charge is 0.331 e. The highest BCUT2D eigenvalue weighted by atomic mass is 35.5. The van der Waals surface area contributed by atoms with Gasteiger partial charge in [0.25, 0.3) is 0 Å². The Hall–Kier alpha value is -2.15. The molecule has 0 saturated carbocycles. The molecule has 1 aromatic heterocycles. The van der Waals surface area contributed by atoms with Crippen LogP contribution in [-0.4, -0.2) is 32.7 Å². The fraction of sp³-hybridized carbons (Fsp3) is 0.400. The summed E-state index contributed by atoms with van der Waals surface area (Å²) in [4.78, 5) is 13.5. The third kappa shape index (κ3) is 3.29. The van der Waals surface area contributed by atoms with E-state index in [0.29, 0.717) is 17.1 Å². The molecule has 0 atom stereocenters. The van der Waals surface area contributed by atoms with Gasteiger partial charge in [-0.25, -0.2) is 9.18 Å². The van der Waals surface area contributed by atoms with Gasteiger partial charge in [0.05, 0.1) is 13.1 Å². The Morgan fingerprint density at radius 2 is 2.30 bits per heavy atom. The standard InChI is InChI=1S/C15H17ClFN5O/c1-21(9-10-11(16)4-2-5-12(10)17)15(23)18-8-14-20-19-13-6-3-7-22(13)14/h2,4-5H,3,6-9H2,1H3,(H,18,23). The first-order valence-corrected chi connectivity index (χ1v) is 7.77. The van der Waals surface area contributed by atoms with E-state index in [0.717, 1.165) is 31.0 Å². The van der Waals surface area contributed by atoms with Gasteiger partial charge in [0.15, 0.2) is 5.82 Å². The molecule has 1 aromatic carbocycles. The van der Waals surface area contributed by atoms with Gasteiger partial charge in [-0.2, -0.15) is 0 Å². The number of benzene rings is 1. The fourth-order valence-electron chi connectivity index (χ4n) is 2.62. The Labute approximate surface area is 138 Å². The minimum atomic E-state index is -0.424. The van der Waals surface area contributed by atoms with E-state index in [9.17, 15) is 9.18 Å². The molecule has 0 radical (unpaired) electrons. The maximum absolute atomic E-state index is 13.8. The number of aryl methyl sites for hydroxylation is 1. The maximum Gasteiger partial charge on any atom is 0.317 e. The summed E-state index contributed by atoms with van der Waals surface area (Å²) in [5, 5.41) is 11.2. The average molecular weight is 338 g/mol. The van der Waals surface area contributed by atoms with Crippen LogP contribution in [0.3, 0.4) is 0 Å². The van der Waals surface area contributed by atoms with Crippen molar-refractivity contribution in [2.45, 2.75) is 32.5 Å². The smallest absolute Gasteiger partial charge is 0.317 e. The zero-order valence-electron chi connectivity index (χ0n) is 12.7. The summed E-state index contributed by atoms with van der Waals surface area (Å²) in [7, 11) is 1.59. The Balaban J connectivity index is 1.59. The quantitative estimate of drug-likeness (QED) is 0.931. The Bertz CT molecular complexity index is 712. The van der Waals surface area contributed by atoms with E-state index in [2.05, 4.69) is 15.5 Å². The molecule has 122 valence electrons. The number of halogens is 2. The number of fused-ring (bicyclic) bond motifs is 1. The summed E-state index contributed by atoms with van der Waals surface area (Å²) in [6.07, 6.45) is 1.98. The van der Waals surface area contributed by atoms with Gasteiger partial charge in [-0.1, -0.05) is 17.7 Å². The number of amides is 2. The van der Waals surface area contributed by atoms with Crippen molar-refractivity contribution in [2.75, 3.05) is 7.05 Å². The van der Waals surface area contributed by atoms with Gasteiger partial charge in [-0.3, -0.25) is 0 Å². The van der Waals surface area contributed by atoms with Gasteiger partial charge in [-0.05, 0) is 18.6 Å². The first kappa shape index (κ1) is 15.7. The molecule has 0 aliphatic carbocycles. The van der Waals surface area contributed by atoms with E-state index in [-0.39, 0.29) is 12.6 Å². The lowest BCUT2D eigenvalue weighted by Gasteiger charge is -2.19. The van der Waals surface area contributed by atoms with E-state index in [4.69, 9.17) is 11.6 Å². The molecule has 0 fully saturated rings. The molecule has 1 aliphatic heterocycles. The van der Waals surface area contributed by atoms with Crippen LogP contribution < -0.4 is 5.32 Å². The third-order valence-electron chi connectivity index (χ3n) is 3.89. The van der Waals surface area contributed by atoms with Gasteiger partial charge in [0, 0.05) is 30.6 Å². The average Bonchev–Trinajstić information content (AvgIpc) is 3.12. The Kier molecular flexibility index (Phi) is 4.47. The first-order chi connectivity index (χ1) is 11.1. The molecule has 1 N–H and O–H groups in total. The van der Waals surface area contributed by atoms with Crippen LogP contribution in [-0.2, 0) is 26.1 Å². The van der Waals surface area contributed by atoms with Gasteiger partial charge in [0.1, 0.15) is 11.6 Å². The van der Waals surface area contributed by atoms with Crippen molar-refractivity contribution in [2.24, 2.45) is 0 Å². The van der Waals surface area contributed by atoms with E-state index in [1.807, 2.05) is 4.57 Å². The fourth-order valence-corrected chi connectivity index (χ4v) is 2.85. The van der Waals surface area contributed by atoms with Crippen LogP contribution >= 0.6 is 11.6 Å². The molecule has 2 heterocycles. The second kappa shape index (κ2) is 6.54. The van der Waals surface area contributed by atoms with Crippen LogP contribution in [0.4, 0.5) is 9.18 Å². The molecule has 3 rings (SSSR count). The lowest BCUT2D eigenvalue weighted by molar-refractivity contribution is 0.205. The van der Waals surface area contributed by atoms with Crippen molar-refractivity contribution in [3.63, 3.8) is 0 Å². The molecule has 6 nitrogen and oxygen atoms in total. The topological polar surface area (TPSA) is 63.1 Å². The van der Waals surface area contributed by atoms with E-state index >= 15 is 0 Å². The second-order valence-electron chi connectivity index (χ2n) is 5.50. The minimum Gasteiger partial charge on any atom is -0.331 e. The number of carbonyl (C=O) groups is 1. The summed E-state index contributed by atoms with van der Waals surface area (Å²) in [6, 6.07) is 4.14. The van der Waals surface area contributed by atoms with Crippen molar-refractivity contribution < 1.29 is 9.18 Å². The van der Waals surface area contributed by atoms with E-state index in [1.54, 1.807) is 13.1 Å². The molecule has 2 aromatic rings. The molecule has 0 unspecified atom stereocenters. The maximum atomic E-state index is 13.8. The minimum absolute atomic E-state index is 0.0925. The highest BCUT2D eigenvalue weighted by Gasteiger charge is 2.19. The van der Waals surface area contributed by atoms with Crippen LogP contribution in [0.25, 0.3) is 0 Å². The van der Waals surface area contributed by atoms with E-state index < -0.39 is 5.82 Å². The van der Waals surface area contributed by atoms with Crippen molar-refractivity contribution in [3.05, 3.63) is 46.3 Å². The summed E-state index contributed by atoms with van der Waals surface area (Å²) < 4.78 is 15.8. The van der Waals surface area contributed by atoms with Crippen LogP contribution in [0.5, 0.6) is 0 Å². The number of hydrogen-bond acceptors (Lipinski definition) is 3. The lowest BCUT2D eigenvalue weighted by Crippen LogP contribution is -2.37. The molecule has 0 bridgehead atoms. The molecular weight excluding hydrogens is 321 g/mol. The van der Waals surface area contributed by atoms with Crippen molar-refractivity contribution in [1.29, 1.82) is 0 Å². The zero-order valence-corrected chi connectivity index (χ0v) is 13.5. The van der Waals surface area contributed by atoms with Gasteiger partial charge in [-0.15, -0.1) is 10.2 Å². The van der Waals surface area contributed by atoms with E-state index in [1.165, 1.54) is 17.0 Å². The summed E-state index contributed by atoms with van der Waals surface area (Å²) in [6.45, 7) is 1.27. The van der Waals surface area contributed by atoms with Crippen LogP contribution in [0.15, 0.2) is 18.2 Å². The van der Waals surface area contributed by atoms with Crippen LogP contribution in [0.1, 0.15) is 23.6 Å². The zero-order chi connectivity index (χ0) is 16.4. The van der Waals surface area contributed by atoms with Gasteiger partial charge in [0.2, 0.25) is 0 Å². The molecular formula is C15H17ClFN5O. The molecule has 1 aliphatic rings. The van der Waals surface area contributed by atoms with Crippen LogP contribution in [0.2, 0.25) is 5.02 Å². The normalized spacial score (nSPS) is 13.0. The first-order valence-electron chi connectivity index (χ1n) is 7.39. The predicted molar refractivity (Wildman–Crippen MR) is 83.5 cm³/mol. The van der Waals surface area contributed by atoms with Crippen molar-refractivity contribution >= 4 is 17.6 Å². The summed E-state index contributed by atoms with van der Waals surface area (Å²) in [5.74, 6) is 1.27. The monoisotopic (exact) mass is 337 g/mol. The SMILES string of the molecule is CN(Cc1c(F)cccc1Cl)C(=O)NCc1nnc2n1CCC2. The number of aromatic nitrogens is 3. The Morgan fingerprint density at radius 3 is 3.09 bits per heavy atom. The highest BCUT2D eigenvalue weighted by molar-refractivity contribution is 6.31. The number of hydrogen-bond donors (Lipinski definition) is 1. The molecule has 23 heavy (non-hydrogen) atoms. The number of carbonyl (C=O) groups excluding carboxylic acids is 1. The van der Waals surface area contributed by atoms with Crippen molar-refractivity contribution in [1.82, 2.24) is 25.0 Å². The van der Waals surface area contributed by atoms with Crippen LogP contribution in [0, 0.1) is 5.82 Å². The highest BCUT2D eigenvalue weighted by Crippen LogP contribution is 2.20. The number of urea groups is 1. The van der Waals surface area contributed by atoms with Gasteiger partial charge >= 0.3 is 6.03 Å². The van der Waals surface area contributed by atoms with Gasteiger partial charge < -0.3 is 14.8 Å². The molecule has 2 amide bonds. The number of nitrogens with zero attached hydrogens (tertiary/aromatic N) is 4. The van der Waals surface area contributed by atoms with Crippen molar-refractivity contribution in [3.8, 4) is 0 Å². The summed E-state index contributed by atoms with van der Waals surface area (Å²) in [5.41, 5.74) is 0.301. The molecule has 0 saturated heterocycles. The summed E-state index contributed by atoms with van der Waals surface area (Å²) >= 11 is 5.98.